The van der Waals surface area contributed by atoms with Crippen LogP contribution in [0.4, 0.5) is 0 Å². The molecule has 0 bridgehead atoms. The van der Waals surface area contributed by atoms with E-state index in [-0.39, 0.29) is 35.5 Å². The largest absolute Gasteiger partial charge is 0.507 e. The maximum Gasteiger partial charge on any atom is 0.289 e. The van der Waals surface area contributed by atoms with Gasteiger partial charge in [-0.2, -0.15) is 0 Å². The Balaban J connectivity index is 1.51. The van der Waals surface area contributed by atoms with Crippen LogP contribution in [0.15, 0.2) is 63.7 Å². The van der Waals surface area contributed by atoms with Crippen molar-refractivity contribution in [3.8, 4) is 22.6 Å². The third-order valence-corrected chi connectivity index (χ3v) is 6.25. The number of carbonyl (C=O) groups is 2. The van der Waals surface area contributed by atoms with Crippen molar-refractivity contribution in [1.82, 2.24) is 9.80 Å². The first kappa shape index (κ1) is 21.0. The molecule has 1 saturated heterocycles. The second-order valence-corrected chi connectivity index (χ2v) is 8.07. The molecule has 160 valence electrons. The lowest BCUT2D eigenvalue weighted by molar-refractivity contribution is -0.131. The molecule has 0 saturated carbocycles. The number of furan rings is 1. The fraction of sp³-hybridized carbons (Fsp3) is 0.217. The highest BCUT2D eigenvalue weighted by atomic mass is 79.9. The van der Waals surface area contributed by atoms with Crippen LogP contribution in [0, 0.1) is 0 Å². The molecule has 0 radical (unpaired) electrons. The minimum absolute atomic E-state index is 0.00109. The smallest absolute Gasteiger partial charge is 0.289 e. The Morgan fingerprint density at radius 2 is 1.61 bits per heavy atom. The maximum absolute atomic E-state index is 13.1. The summed E-state index contributed by atoms with van der Waals surface area (Å²) in [7, 11) is 0. The molecule has 3 aromatic rings. The normalized spacial score (nSPS) is 14.0. The number of benzene rings is 2. The molecule has 7 nitrogen and oxygen atoms in total. The first-order valence-electron chi connectivity index (χ1n) is 9.85. The highest BCUT2D eigenvalue weighted by Gasteiger charge is 2.28. The Bertz CT molecular complexity index is 1090. The van der Waals surface area contributed by atoms with Crippen LogP contribution in [-0.4, -0.2) is 58.0 Å². The Morgan fingerprint density at radius 3 is 2.26 bits per heavy atom. The van der Waals surface area contributed by atoms with E-state index < -0.39 is 0 Å². The van der Waals surface area contributed by atoms with Crippen molar-refractivity contribution < 1.29 is 24.2 Å². The van der Waals surface area contributed by atoms with Gasteiger partial charge in [0, 0.05) is 37.8 Å². The summed E-state index contributed by atoms with van der Waals surface area (Å²) in [6.07, 6.45) is 1.46. The summed E-state index contributed by atoms with van der Waals surface area (Å²) in [4.78, 5) is 28.8. The van der Waals surface area contributed by atoms with Gasteiger partial charge in [-0.25, -0.2) is 0 Å². The molecule has 1 aliphatic rings. The Hall–Kier alpha value is -3.26. The van der Waals surface area contributed by atoms with Gasteiger partial charge in [-0.1, -0.05) is 30.3 Å². The molecule has 8 heteroatoms. The highest BCUT2D eigenvalue weighted by molar-refractivity contribution is 9.10. The zero-order valence-corrected chi connectivity index (χ0v) is 18.2. The van der Waals surface area contributed by atoms with Gasteiger partial charge < -0.3 is 24.4 Å². The van der Waals surface area contributed by atoms with E-state index in [2.05, 4.69) is 15.9 Å². The summed E-state index contributed by atoms with van der Waals surface area (Å²) < 4.78 is 5.55. The van der Waals surface area contributed by atoms with Crippen LogP contribution in [0.25, 0.3) is 11.1 Å². The standard InChI is InChI=1S/C23H21BrN2O5/c24-22-16(21(17(27)14-18(22)28)15-5-2-1-3-6-15)13-20(29)25-8-10-26(11-9-25)23(30)19-7-4-12-31-19/h1-7,12,14,27-28H,8-11,13H2. The van der Waals surface area contributed by atoms with Crippen LogP contribution in [-0.2, 0) is 11.2 Å². The average Bonchev–Trinajstić information content (AvgIpc) is 3.32. The quantitative estimate of drug-likeness (QED) is 0.589. The Kier molecular flexibility index (Phi) is 5.99. The predicted octanol–water partition coefficient (Wildman–Crippen LogP) is 3.65. The molecule has 4 rings (SSSR count). The molecule has 2 aromatic carbocycles. The maximum atomic E-state index is 13.1. The first-order chi connectivity index (χ1) is 15.0. The number of hydrogen-bond acceptors (Lipinski definition) is 5. The summed E-state index contributed by atoms with van der Waals surface area (Å²) in [6.45, 7) is 1.61. The molecule has 2 heterocycles. The van der Waals surface area contributed by atoms with E-state index in [9.17, 15) is 19.8 Å². The molecule has 1 fully saturated rings. The van der Waals surface area contributed by atoms with Crippen LogP contribution in [0.3, 0.4) is 0 Å². The fourth-order valence-corrected chi connectivity index (χ4v) is 4.21. The number of amides is 2. The third-order valence-electron chi connectivity index (χ3n) is 5.36. The van der Waals surface area contributed by atoms with Gasteiger partial charge in [0.1, 0.15) is 11.5 Å². The molecule has 2 amide bonds. The lowest BCUT2D eigenvalue weighted by Crippen LogP contribution is -2.51. The van der Waals surface area contributed by atoms with Gasteiger partial charge in [0.15, 0.2) is 5.76 Å². The molecular formula is C23H21BrN2O5. The van der Waals surface area contributed by atoms with Gasteiger partial charge >= 0.3 is 0 Å². The number of nitrogens with zero attached hydrogens (tertiary/aromatic N) is 2. The number of piperazine rings is 1. The molecule has 0 aliphatic carbocycles. The van der Waals surface area contributed by atoms with Gasteiger partial charge in [0.05, 0.1) is 17.2 Å². The first-order valence-corrected chi connectivity index (χ1v) is 10.6. The van der Waals surface area contributed by atoms with Gasteiger partial charge in [-0.15, -0.1) is 0 Å². The minimum atomic E-state index is -0.191. The van der Waals surface area contributed by atoms with Crippen LogP contribution in [0.5, 0.6) is 11.5 Å². The zero-order valence-electron chi connectivity index (χ0n) is 16.6. The van der Waals surface area contributed by atoms with E-state index >= 15 is 0 Å². The minimum Gasteiger partial charge on any atom is -0.507 e. The van der Waals surface area contributed by atoms with E-state index in [0.717, 1.165) is 5.56 Å². The number of phenolic OH excluding ortho intramolecular Hbond substituents is 2. The average molecular weight is 485 g/mol. The number of hydrogen-bond donors (Lipinski definition) is 2. The fourth-order valence-electron chi connectivity index (χ4n) is 3.75. The number of carbonyl (C=O) groups excluding carboxylic acids is 2. The summed E-state index contributed by atoms with van der Waals surface area (Å²) in [5.74, 6) is -0.277. The van der Waals surface area contributed by atoms with E-state index in [1.807, 2.05) is 30.3 Å². The second-order valence-electron chi connectivity index (χ2n) is 7.28. The van der Waals surface area contributed by atoms with Crippen molar-refractivity contribution in [2.45, 2.75) is 6.42 Å². The predicted molar refractivity (Wildman–Crippen MR) is 118 cm³/mol. The molecular weight excluding hydrogens is 464 g/mol. The second kappa shape index (κ2) is 8.85. The molecule has 0 atom stereocenters. The van der Waals surface area contributed by atoms with Gasteiger partial charge in [-0.3, -0.25) is 9.59 Å². The van der Waals surface area contributed by atoms with E-state index in [4.69, 9.17) is 4.42 Å². The van der Waals surface area contributed by atoms with Gasteiger partial charge in [-0.05, 0) is 39.2 Å². The van der Waals surface area contributed by atoms with Crippen LogP contribution in [0.2, 0.25) is 0 Å². The molecule has 2 N–H and O–H groups in total. The zero-order chi connectivity index (χ0) is 22.0. The molecule has 1 aliphatic heterocycles. The van der Waals surface area contributed by atoms with Crippen molar-refractivity contribution in [3.05, 3.63) is 70.6 Å². The topological polar surface area (TPSA) is 94.2 Å². The number of phenols is 2. The lowest BCUT2D eigenvalue weighted by Gasteiger charge is -2.34. The van der Waals surface area contributed by atoms with E-state index in [0.29, 0.717) is 41.8 Å². The number of rotatable bonds is 4. The summed E-state index contributed by atoms with van der Waals surface area (Å²) in [6, 6.07) is 13.8. The summed E-state index contributed by atoms with van der Waals surface area (Å²) >= 11 is 3.37. The van der Waals surface area contributed by atoms with E-state index in [1.54, 1.807) is 21.9 Å². The molecule has 31 heavy (non-hydrogen) atoms. The van der Waals surface area contributed by atoms with Crippen LogP contribution >= 0.6 is 15.9 Å². The van der Waals surface area contributed by atoms with Crippen molar-refractivity contribution in [2.24, 2.45) is 0 Å². The SMILES string of the molecule is O=C(Cc1c(Br)c(O)cc(O)c1-c1ccccc1)N1CCN(C(=O)c2ccco2)CC1. The summed E-state index contributed by atoms with van der Waals surface area (Å²) in [5, 5.41) is 20.7. The number of halogens is 1. The Morgan fingerprint density at radius 1 is 0.935 bits per heavy atom. The number of aromatic hydroxyl groups is 2. The van der Waals surface area contributed by atoms with Crippen LogP contribution < -0.4 is 0 Å². The molecule has 0 spiro atoms. The van der Waals surface area contributed by atoms with Crippen LogP contribution in [0.1, 0.15) is 16.1 Å². The van der Waals surface area contributed by atoms with Crippen molar-refractivity contribution in [2.75, 3.05) is 26.2 Å². The van der Waals surface area contributed by atoms with E-state index in [1.165, 1.54) is 12.3 Å². The summed E-state index contributed by atoms with van der Waals surface area (Å²) in [5.41, 5.74) is 1.77. The third kappa shape index (κ3) is 4.29. The van der Waals surface area contributed by atoms with Gasteiger partial charge in [0.25, 0.3) is 5.91 Å². The molecule has 0 unspecified atom stereocenters. The van der Waals surface area contributed by atoms with Crippen molar-refractivity contribution in [1.29, 1.82) is 0 Å². The van der Waals surface area contributed by atoms with Crippen molar-refractivity contribution in [3.63, 3.8) is 0 Å². The Labute approximate surface area is 187 Å². The van der Waals surface area contributed by atoms with Gasteiger partial charge in [0.2, 0.25) is 5.91 Å². The highest BCUT2D eigenvalue weighted by Crippen LogP contribution is 2.42. The monoisotopic (exact) mass is 484 g/mol. The van der Waals surface area contributed by atoms with Crippen molar-refractivity contribution >= 4 is 27.7 Å². The molecule has 1 aromatic heterocycles. The lowest BCUT2D eigenvalue weighted by atomic mass is 9.95.